The van der Waals surface area contributed by atoms with E-state index in [2.05, 4.69) is 0 Å². The maximum absolute atomic E-state index is 12.8. The summed E-state index contributed by atoms with van der Waals surface area (Å²) in [6.45, 7) is 0.804. The van der Waals surface area contributed by atoms with E-state index < -0.39 is 0 Å². The van der Waals surface area contributed by atoms with Crippen molar-refractivity contribution in [2.45, 2.75) is 18.9 Å². The first-order valence-electron chi connectivity index (χ1n) is 10.2. The van der Waals surface area contributed by atoms with E-state index in [9.17, 15) is 14.4 Å². The van der Waals surface area contributed by atoms with Gasteiger partial charge in [0.2, 0.25) is 11.8 Å². The Morgan fingerprint density at radius 3 is 2.10 bits per heavy atom. The van der Waals surface area contributed by atoms with Crippen LogP contribution in [0.5, 0.6) is 0 Å². The molecule has 2 unspecified atom stereocenters. The fourth-order valence-electron chi connectivity index (χ4n) is 4.63. The van der Waals surface area contributed by atoms with Crippen molar-refractivity contribution in [3.63, 3.8) is 0 Å². The molecule has 2 atom stereocenters. The SMILES string of the molecule is O=C(c1ccc(-c2cccc(Cl)c2)cc1)N1CC(N2C(=O)C3CC=CCC3C2=O)C1. The first kappa shape index (κ1) is 19.1. The monoisotopic (exact) mass is 420 g/mol. The zero-order valence-electron chi connectivity index (χ0n) is 16.3. The zero-order valence-corrected chi connectivity index (χ0v) is 17.1. The number of nitrogens with zero attached hydrogens (tertiary/aromatic N) is 2. The summed E-state index contributed by atoms with van der Waals surface area (Å²) in [5, 5.41) is 0.668. The Morgan fingerprint density at radius 1 is 0.867 bits per heavy atom. The van der Waals surface area contributed by atoms with Crippen LogP contribution >= 0.6 is 11.6 Å². The van der Waals surface area contributed by atoms with Crippen LogP contribution in [0, 0.1) is 11.8 Å². The van der Waals surface area contributed by atoms with Gasteiger partial charge in [0.25, 0.3) is 5.91 Å². The van der Waals surface area contributed by atoms with Crippen LogP contribution in [0.1, 0.15) is 23.2 Å². The van der Waals surface area contributed by atoms with Gasteiger partial charge in [-0.2, -0.15) is 0 Å². The molecule has 3 amide bonds. The lowest BCUT2D eigenvalue weighted by Crippen LogP contribution is -2.62. The Balaban J connectivity index is 1.24. The van der Waals surface area contributed by atoms with Crippen molar-refractivity contribution < 1.29 is 14.4 Å². The van der Waals surface area contributed by atoms with Crippen molar-refractivity contribution in [2.75, 3.05) is 13.1 Å². The summed E-state index contributed by atoms with van der Waals surface area (Å²) in [5.41, 5.74) is 2.57. The number of hydrogen-bond acceptors (Lipinski definition) is 3. The van der Waals surface area contributed by atoms with Gasteiger partial charge in [-0.3, -0.25) is 19.3 Å². The first-order valence-corrected chi connectivity index (χ1v) is 10.6. The molecule has 2 aromatic carbocycles. The van der Waals surface area contributed by atoms with Crippen LogP contribution in [0.3, 0.4) is 0 Å². The van der Waals surface area contributed by atoms with Gasteiger partial charge in [-0.1, -0.05) is 48.0 Å². The van der Waals surface area contributed by atoms with Crippen LogP contribution in [0.15, 0.2) is 60.7 Å². The van der Waals surface area contributed by atoms with Gasteiger partial charge >= 0.3 is 0 Å². The normalized spacial score (nSPS) is 23.5. The first-order chi connectivity index (χ1) is 14.5. The molecule has 2 aromatic rings. The molecule has 152 valence electrons. The molecule has 0 bridgehead atoms. The average Bonchev–Trinajstić information content (AvgIpc) is 2.98. The molecule has 1 aliphatic carbocycles. The van der Waals surface area contributed by atoms with Gasteiger partial charge in [-0.25, -0.2) is 0 Å². The Bertz CT molecular complexity index is 1030. The summed E-state index contributed by atoms with van der Waals surface area (Å²) in [6, 6.07) is 14.8. The van der Waals surface area contributed by atoms with Gasteiger partial charge in [-0.15, -0.1) is 0 Å². The van der Waals surface area contributed by atoms with E-state index in [1.165, 1.54) is 4.90 Å². The minimum absolute atomic E-state index is 0.0719. The van der Waals surface area contributed by atoms with E-state index in [4.69, 9.17) is 11.6 Å². The van der Waals surface area contributed by atoms with Gasteiger partial charge in [0.1, 0.15) is 0 Å². The molecular formula is C24H21ClN2O3. The third-order valence-electron chi connectivity index (χ3n) is 6.35. The van der Waals surface area contributed by atoms with Crippen LogP contribution in [0.4, 0.5) is 0 Å². The number of rotatable bonds is 3. The summed E-state index contributed by atoms with van der Waals surface area (Å²) in [6.07, 6.45) is 5.25. The lowest BCUT2D eigenvalue weighted by molar-refractivity contribution is -0.145. The predicted octanol–water partition coefficient (Wildman–Crippen LogP) is 3.78. The highest BCUT2D eigenvalue weighted by Gasteiger charge is 2.52. The number of amides is 3. The number of fused-ring (bicyclic) bond motifs is 1. The number of allylic oxidation sites excluding steroid dienone is 2. The quantitative estimate of drug-likeness (QED) is 0.560. The van der Waals surface area contributed by atoms with Gasteiger partial charge in [-0.05, 0) is 48.2 Å². The van der Waals surface area contributed by atoms with Crippen molar-refractivity contribution in [3.05, 3.63) is 71.3 Å². The molecule has 5 rings (SSSR count). The number of carbonyl (C=O) groups excluding carboxylic acids is 3. The highest BCUT2D eigenvalue weighted by Crippen LogP contribution is 2.37. The molecule has 0 radical (unpaired) electrons. The zero-order chi connectivity index (χ0) is 20.8. The van der Waals surface area contributed by atoms with Gasteiger partial charge < -0.3 is 4.90 Å². The highest BCUT2D eigenvalue weighted by atomic mass is 35.5. The fraction of sp³-hybridized carbons (Fsp3) is 0.292. The molecule has 5 nitrogen and oxygen atoms in total. The Morgan fingerprint density at radius 2 is 1.50 bits per heavy atom. The number of carbonyl (C=O) groups is 3. The number of halogens is 1. The molecule has 0 aromatic heterocycles. The molecule has 30 heavy (non-hydrogen) atoms. The minimum atomic E-state index is -0.216. The minimum Gasteiger partial charge on any atom is -0.334 e. The lowest BCUT2D eigenvalue weighted by atomic mass is 9.85. The van der Waals surface area contributed by atoms with Gasteiger partial charge in [0.15, 0.2) is 0 Å². The largest absolute Gasteiger partial charge is 0.334 e. The molecular weight excluding hydrogens is 400 g/mol. The van der Waals surface area contributed by atoms with E-state index >= 15 is 0 Å². The summed E-state index contributed by atoms with van der Waals surface area (Å²) in [5.74, 6) is -0.658. The van der Waals surface area contributed by atoms with Crippen LogP contribution in [0.2, 0.25) is 5.02 Å². The molecule has 0 spiro atoms. The molecule has 2 fully saturated rings. The second-order valence-corrected chi connectivity index (χ2v) is 8.59. The number of likely N-dealkylation sites (tertiary alicyclic amines) is 2. The lowest BCUT2D eigenvalue weighted by Gasteiger charge is -2.43. The summed E-state index contributed by atoms with van der Waals surface area (Å²) in [7, 11) is 0. The molecule has 3 aliphatic rings. The standard InChI is InChI=1S/C24H21ClN2O3/c25-18-5-3-4-17(12-18)15-8-10-16(11-9-15)22(28)26-13-19(14-26)27-23(29)20-6-1-2-7-21(20)24(27)30/h1-5,8-12,19-21H,6-7,13-14H2. The predicted molar refractivity (Wildman–Crippen MR) is 114 cm³/mol. The van der Waals surface area contributed by atoms with Crippen LogP contribution in [0.25, 0.3) is 11.1 Å². The maximum atomic E-state index is 12.8. The van der Waals surface area contributed by atoms with Crippen molar-refractivity contribution in [2.24, 2.45) is 11.8 Å². The second kappa shape index (κ2) is 7.40. The fourth-order valence-corrected chi connectivity index (χ4v) is 4.82. The number of benzene rings is 2. The van der Waals surface area contributed by atoms with E-state index in [0.29, 0.717) is 36.5 Å². The highest BCUT2D eigenvalue weighted by molar-refractivity contribution is 6.30. The van der Waals surface area contributed by atoms with Gasteiger partial charge in [0, 0.05) is 23.7 Å². The second-order valence-electron chi connectivity index (χ2n) is 8.15. The molecule has 2 saturated heterocycles. The molecule has 2 heterocycles. The van der Waals surface area contributed by atoms with E-state index in [1.54, 1.807) is 17.0 Å². The van der Waals surface area contributed by atoms with Crippen molar-refractivity contribution in [1.29, 1.82) is 0 Å². The van der Waals surface area contributed by atoms with E-state index in [0.717, 1.165) is 11.1 Å². The molecule has 0 N–H and O–H groups in total. The van der Waals surface area contributed by atoms with Crippen molar-refractivity contribution in [1.82, 2.24) is 9.80 Å². The van der Waals surface area contributed by atoms with Crippen LogP contribution in [-0.2, 0) is 9.59 Å². The van der Waals surface area contributed by atoms with Gasteiger partial charge in [0.05, 0.1) is 17.9 Å². The van der Waals surface area contributed by atoms with Crippen LogP contribution in [-0.4, -0.2) is 46.7 Å². The Hall–Kier alpha value is -2.92. The van der Waals surface area contributed by atoms with E-state index in [1.807, 2.05) is 48.6 Å². The smallest absolute Gasteiger partial charge is 0.253 e. The third kappa shape index (κ3) is 3.14. The van der Waals surface area contributed by atoms with Crippen molar-refractivity contribution in [3.8, 4) is 11.1 Å². The molecule has 0 saturated carbocycles. The maximum Gasteiger partial charge on any atom is 0.253 e. The Kier molecular flexibility index (Phi) is 4.70. The van der Waals surface area contributed by atoms with E-state index in [-0.39, 0.29) is 35.6 Å². The Labute approximate surface area is 179 Å². The summed E-state index contributed by atoms with van der Waals surface area (Å²) in [4.78, 5) is 41.3. The topological polar surface area (TPSA) is 57.7 Å². The van der Waals surface area contributed by atoms with Crippen LogP contribution < -0.4 is 0 Å². The number of imide groups is 1. The number of hydrogen-bond donors (Lipinski definition) is 0. The summed E-state index contributed by atoms with van der Waals surface area (Å²) < 4.78 is 0. The molecule has 2 aliphatic heterocycles. The third-order valence-corrected chi connectivity index (χ3v) is 6.58. The summed E-state index contributed by atoms with van der Waals surface area (Å²) >= 11 is 6.06. The average molecular weight is 421 g/mol. The molecule has 6 heteroatoms. The van der Waals surface area contributed by atoms with Crippen molar-refractivity contribution >= 4 is 29.3 Å².